The lowest BCUT2D eigenvalue weighted by Crippen LogP contribution is -2.41. The fourth-order valence-corrected chi connectivity index (χ4v) is 5.66. The van der Waals surface area contributed by atoms with Gasteiger partial charge in [-0.1, -0.05) is 11.6 Å². The Kier molecular flexibility index (Phi) is 6.11. The van der Waals surface area contributed by atoms with Gasteiger partial charge in [-0.2, -0.15) is 10.9 Å². The first-order valence-electron chi connectivity index (χ1n) is 8.24. The number of nitrogens with one attached hydrogen (secondary N) is 1. The minimum atomic E-state index is -1.48. The van der Waals surface area contributed by atoms with Gasteiger partial charge in [0.15, 0.2) is 0 Å². The van der Waals surface area contributed by atoms with Gasteiger partial charge in [-0.3, -0.25) is 4.79 Å². The molecule has 2 aliphatic heterocycles. The number of benzene rings is 1. The Morgan fingerprint density at radius 2 is 2.04 bits per heavy atom. The second kappa shape index (κ2) is 8.35. The van der Waals surface area contributed by atoms with Gasteiger partial charge in [-0.25, -0.2) is 4.79 Å². The zero-order valence-electron chi connectivity index (χ0n) is 14.3. The van der Waals surface area contributed by atoms with E-state index in [1.807, 2.05) is 0 Å². The average Bonchev–Trinajstić information content (AvgIpc) is 3.02. The number of carboxylic acids is 1. The molecule has 1 radical (unpaired) electrons. The molecule has 3 rings (SSSR count). The first-order valence-corrected chi connectivity index (χ1v) is 10.0. The van der Waals surface area contributed by atoms with E-state index in [-0.39, 0.29) is 17.4 Å². The lowest BCUT2D eigenvalue weighted by atomic mass is 10.2. The first-order chi connectivity index (χ1) is 12.9. The minimum absolute atomic E-state index is 0.0647. The number of amides is 1. The van der Waals surface area contributed by atoms with Gasteiger partial charge in [-0.05, 0) is 43.3 Å². The summed E-state index contributed by atoms with van der Waals surface area (Å²) in [5.74, 6) is -1.17. The molecule has 0 aromatic heterocycles. The summed E-state index contributed by atoms with van der Waals surface area (Å²) in [6.07, 6.45) is 1.93. The molecular weight excluding hydrogens is 392 g/mol. The number of rotatable bonds is 6. The molecule has 9 heteroatoms. The maximum absolute atomic E-state index is 11.9. The molecule has 0 saturated carbocycles. The van der Waals surface area contributed by atoms with Crippen molar-refractivity contribution in [2.45, 2.75) is 11.5 Å². The summed E-state index contributed by atoms with van der Waals surface area (Å²) in [7, 11) is -1.48. The highest BCUT2D eigenvalue weighted by molar-refractivity contribution is 8.26. The maximum Gasteiger partial charge on any atom is 0.340 e. The Morgan fingerprint density at radius 1 is 1.33 bits per heavy atom. The SMILES string of the molecule is [CH2]C(O)C(Nc1ccc(N2CCOCC2=O)cc1)[SH]1C(Cl)=CC=C1C(=O)O. The number of carboxylic acid groups (broad SMARTS) is 1. The number of allylic oxidation sites excluding steroid dienone is 2. The standard InChI is InChI=1S/C18H20ClN2O5S/c1-11(22)17(27-14(18(24)25)6-7-15(27)19)20-12-2-4-13(5-3-12)21-8-9-26-10-16(21)23/h2-7,11,17,20,22,27H,1,8-10H2,(H,24,25). The van der Waals surface area contributed by atoms with Crippen LogP contribution in [0.1, 0.15) is 0 Å². The molecule has 1 amide bonds. The molecule has 0 bridgehead atoms. The summed E-state index contributed by atoms with van der Waals surface area (Å²) in [5, 5.41) is 22.0. The predicted octanol–water partition coefficient (Wildman–Crippen LogP) is 2.05. The van der Waals surface area contributed by atoms with Crippen molar-refractivity contribution < 1.29 is 24.5 Å². The van der Waals surface area contributed by atoms with Crippen LogP contribution in [0.2, 0.25) is 0 Å². The second-order valence-electron chi connectivity index (χ2n) is 6.02. The number of ether oxygens (including phenoxy) is 1. The lowest BCUT2D eigenvalue weighted by molar-refractivity contribution is -0.131. The third-order valence-electron chi connectivity index (χ3n) is 4.21. The molecule has 3 N–H and O–H groups in total. The summed E-state index contributed by atoms with van der Waals surface area (Å²) >= 11 is 6.20. The fourth-order valence-electron chi connectivity index (χ4n) is 2.91. The molecular formula is C18H20ClN2O5S. The third-order valence-corrected chi connectivity index (χ3v) is 7.38. The fraction of sp³-hybridized carbons (Fsp3) is 0.278. The van der Waals surface area contributed by atoms with E-state index in [4.69, 9.17) is 16.3 Å². The number of hydrogen-bond donors (Lipinski definition) is 4. The quantitative estimate of drug-likeness (QED) is 0.535. The van der Waals surface area contributed by atoms with Crippen LogP contribution in [-0.2, 0) is 14.3 Å². The van der Waals surface area contributed by atoms with E-state index in [1.54, 1.807) is 35.2 Å². The number of nitrogens with zero attached hydrogens (tertiary/aromatic N) is 1. The van der Waals surface area contributed by atoms with E-state index in [9.17, 15) is 19.8 Å². The predicted molar refractivity (Wildman–Crippen MR) is 107 cm³/mol. The molecule has 3 unspecified atom stereocenters. The van der Waals surface area contributed by atoms with Gasteiger partial charge in [0.25, 0.3) is 5.91 Å². The zero-order chi connectivity index (χ0) is 19.6. The molecule has 1 aromatic carbocycles. The van der Waals surface area contributed by atoms with Crippen molar-refractivity contribution in [2.75, 3.05) is 30.0 Å². The average molecular weight is 412 g/mol. The summed E-state index contributed by atoms with van der Waals surface area (Å²) in [6, 6.07) is 7.10. The molecule has 7 nitrogen and oxygen atoms in total. The number of morpholine rings is 1. The van der Waals surface area contributed by atoms with Crippen LogP contribution in [0.3, 0.4) is 0 Å². The van der Waals surface area contributed by atoms with Crippen LogP contribution in [0.4, 0.5) is 11.4 Å². The third kappa shape index (κ3) is 4.30. The molecule has 2 heterocycles. The van der Waals surface area contributed by atoms with Gasteiger partial charge in [-0.15, -0.1) is 0 Å². The number of aliphatic hydroxyl groups excluding tert-OH is 1. The van der Waals surface area contributed by atoms with Gasteiger partial charge >= 0.3 is 5.97 Å². The van der Waals surface area contributed by atoms with Crippen molar-refractivity contribution in [1.29, 1.82) is 0 Å². The number of carbonyl (C=O) groups is 2. The van der Waals surface area contributed by atoms with Gasteiger partial charge in [0.1, 0.15) is 6.61 Å². The minimum Gasteiger partial charge on any atom is -0.477 e. The Labute approximate surface area is 164 Å². The Balaban J connectivity index is 1.77. The van der Waals surface area contributed by atoms with Crippen LogP contribution in [0.25, 0.3) is 0 Å². The largest absolute Gasteiger partial charge is 0.477 e. The molecule has 27 heavy (non-hydrogen) atoms. The number of aliphatic carboxylic acids is 1. The van der Waals surface area contributed by atoms with Crippen LogP contribution in [0, 0.1) is 6.92 Å². The number of carbonyl (C=O) groups excluding carboxylic acids is 1. The summed E-state index contributed by atoms with van der Waals surface area (Å²) in [6.45, 7) is 4.69. The highest BCUT2D eigenvalue weighted by Gasteiger charge is 2.33. The molecule has 1 fully saturated rings. The Bertz CT molecular complexity index is 793. The topological polar surface area (TPSA) is 99.1 Å². The van der Waals surface area contributed by atoms with Gasteiger partial charge in [0, 0.05) is 17.9 Å². The van der Waals surface area contributed by atoms with Crippen LogP contribution in [0.5, 0.6) is 0 Å². The molecule has 0 spiro atoms. The number of anilines is 2. The molecule has 1 saturated heterocycles. The second-order valence-corrected chi connectivity index (χ2v) is 8.95. The van der Waals surface area contributed by atoms with E-state index >= 15 is 0 Å². The summed E-state index contributed by atoms with van der Waals surface area (Å²) in [4.78, 5) is 25.2. The smallest absolute Gasteiger partial charge is 0.340 e. The Hall–Kier alpha value is -2.00. The normalized spacial score (nSPS) is 23.4. The first kappa shape index (κ1) is 19.8. The van der Waals surface area contributed by atoms with Crippen molar-refractivity contribution >= 4 is 45.7 Å². The molecule has 2 aliphatic rings. The van der Waals surface area contributed by atoms with Gasteiger partial charge in [0.05, 0.1) is 27.4 Å². The Morgan fingerprint density at radius 3 is 2.63 bits per heavy atom. The van der Waals surface area contributed by atoms with E-state index in [0.29, 0.717) is 23.2 Å². The van der Waals surface area contributed by atoms with Gasteiger partial charge in [0.2, 0.25) is 0 Å². The van der Waals surface area contributed by atoms with E-state index < -0.39 is 28.3 Å². The van der Waals surface area contributed by atoms with Crippen LogP contribution >= 0.6 is 22.5 Å². The molecule has 0 aliphatic carbocycles. The van der Waals surface area contributed by atoms with Gasteiger partial charge < -0.3 is 25.2 Å². The van der Waals surface area contributed by atoms with Crippen molar-refractivity contribution in [3.8, 4) is 0 Å². The zero-order valence-corrected chi connectivity index (χ0v) is 16.0. The molecule has 3 atom stereocenters. The van der Waals surface area contributed by atoms with Crippen molar-refractivity contribution in [2.24, 2.45) is 0 Å². The molecule has 1 aromatic rings. The van der Waals surface area contributed by atoms with Crippen LogP contribution in [0.15, 0.2) is 45.7 Å². The molecule has 145 valence electrons. The number of thiol groups is 1. The highest BCUT2D eigenvalue weighted by atomic mass is 35.5. The summed E-state index contributed by atoms with van der Waals surface area (Å²) in [5.41, 5.74) is 1.41. The highest BCUT2D eigenvalue weighted by Crippen LogP contribution is 2.54. The number of aliphatic hydroxyl groups is 1. The summed E-state index contributed by atoms with van der Waals surface area (Å²) < 4.78 is 5.51. The van der Waals surface area contributed by atoms with Crippen molar-refractivity contribution in [3.63, 3.8) is 0 Å². The van der Waals surface area contributed by atoms with E-state index in [2.05, 4.69) is 12.2 Å². The number of hydrogen-bond acceptors (Lipinski definition) is 5. The van der Waals surface area contributed by atoms with E-state index in [0.717, 1.165) is 5.69 Å². The monoisotopic (exact) mass is 411 g/mol. The van der Waals surface area contributed by atoms with Crippen molar-refractivity contribution in [3.05, 3.63) is 52.6 Å². The van der Waals surface area contributed by atoms with E-state index in [1.165, 1.54) is 6.08 Å². The van der Waals surface area contributed by atoms with Crippen LogP contribution < -0.4 is 10.2 Å². The number of halogens is 1. The lowest BCUT2D eigenvalue weighted by Gasteiger charge is -2.33. The van der Waals surface area contributed by atoms with Crippen molar-refractivity contribution in [1.82, 2.24) is 0 Å². The van der Waals surface area contributed by atoms with Crippen LogP contribution in [-0.4, -0.2) is 53.3 Å². The maximum atomic E-state index is 11.9.